The fraction of sp³-hybridized carbons (Fsp3) is 0.467. The largest absolute Gasteiger partial charge is 0.465 e. The number of esters is 2. The molecule has 0 fully saturated rings. The van der Waals surface area contributed by atoms with E-state index >= 15 is 0 Å². The molecule has 1 atom stereocenters. The van der Waals surface area contributed by atoms with Gasteiger partial charge in [-0.05, 0) is 33.8 Å². The molecule has 7 nitrogen and oxygen atoms in total. The summed E-state index contributed by atoms with van der Waals surface area (Å²) in [5.74, 6) is -1.72. The molecule has 1 aromatic heterocycles. The second-order valence-corrected chi connectivity index (χ2v) is 5.90. The summed E-state index contributed by atoms with van der Waals surface area (Å²) in [6.07, 6.45) is 0. The zero-order chi connectivity index (χ0) is 17.6. The predicted molar refractivity (Wildman–Crippen MR) is 85.4 cm³/mol. The first kappa shape index (κ1) is 19.0. The van der Waals surface area contributed by atoms with E-state index in [0.29, 0.717) is 5.69 Å². The van der Waals surface area contributed by atoms with E-state index in [-0.39, 0.29) is 29.4 Å². The van der Waals surface area contributed by atoms with Crippen molar-refractivity contribution in [1.29, 1.82) is 0 Å². The maximum Gasteiger partial charge on any atom is 0.339 e. The number of thioether (sulfide) groups is 1. The van der Waals surface area contributed by atoms with Crippen molar-refractivity contribution < 1.29 is 23.9 Å². The van der Waals surface area contributed by atoms with E-state index in [9.17, 15) is 14.4 Å². The summed E-state index contributed by atoms with van der Waals surface area (Å²) in [6.45, 7) is 7.13. The summed E-state index contributed by atoms with van der Waals surface area (Å²) in [4.78, 5) is 39.5. The highest BCUT2D eigenvalue weighted by Crippen LogP contribution is 2.27. The lowest BCUT2D eigenvalue weighted by atomic mass is 10.1. The van der Waals surface area contributed by atoms with Crippen molar-refractivity contribution in [3.63, 3.8) is 0 Å². The zero-order valence-corrected chi connectivity index (χ0v) is 14.4. The number of nitrogens with zero attached hydrogens (tertiary/aromatic N) is 1. The van der Waals surface area contributed by atoms with Crippen molar-refractivity contribution in [1.82, 2.24) is 4.98 Å². The van der Waals surface area contributed by atoms with Crippen molar-refractivity contribution in [3.8, 4) is 0 Å². The van der Waals surface area contributed by atoms with Crippen LogP contribution in [0.2, 0.25) is 0 Å². The number of hydrogen-bond acceptors (Lipinski definition) is 7. The SMILES string of the molecule is CCOC(=O)c1cc(C(N)=O)c(S[C@@H](C)C(=O)OCC)nc1C. The van der Waals surface area contributed by atoms with E-state index in [0.717, 1.165) is 11.8 Å². The van der Waals surface area contributed by atoms with Crippen molar-refractivity contribution in [3.05, 3.63) is 22.9 Å². The standard InChI is InChI=1S/C15H20N2O5S/c1-5-21-14(19)9(4)23-13-11(12(16)18)7-10(8(3)17-13)15(20)22-6-2/h7,9H,5-6H2,1-4H3,(H2,16,18)/t9-/m0/s1. The molecule has 0 aliphatic carbocycles. The fourth-order valence-corrected chi connectivity index (χ4v) is 2.72. The number of nitrogens with two attached hydrogens (primary N) is 1. The molecule has 0 bridgehead atoms. The van der Waals surface area contributed by atoms with E-state index in [1.165, 1.54) is 6.07 Å². The van der Waals surface area contributed by atoms with Crippen molar-refractivity contribution in [2.24, 2.45) is 5.73 Å². The number of carbonyl (C=O) groups is 3. The maximum atomic E-state index is 11.9. The van der Waals surface area contributed by atoms with Gasteiger partial charge in [-0.3, -0.25) is 9.59 Å². The lowest BCUT2D eigenvalue weighted by Crippen LogP contribution is -2.20. The van der Waals surface area contributed by atoms with Crippen LogP contribution in [0.1, 0.15) is 47.2 Å². The molecule has 1 heterocycles. The highest BCUT2D eigenvalue weighted by Gasteiger charge is 2.23. The summed E-state index contributed by atoms with van der Waals surface area (Å²) in [7, 11) is 0. The van der Waals surface area contributed by atoms with Gasteiger partial charge in [0.2, 0.25) is 0 Å². The van der Waals surface area contributed by atoms with E-state index in [4.69, 9.17) is 15.2 Å². The van der Waals surface area contributed by atoms with Crippen LogP contribution in [-0.4, -0.2) is 41.3 Å². The van der Waals surface area contributed by atoms with Gasteiger partial charge in [-0.25, -0.2) is 9.78 Å². The molecular weight excluding hydrogens is 320 g/mol. The predicted octanol–water partition coefficient (Wildman–Crippen LogP) is 1.71. The number of aryl methyl sites for hydroxylation is 1. The highest BCUT2D eigenvalue weighted by molar-refractivity contribution is 8.00. The Hall–Kier alpha value is -2.09. The molecule has 1 rings (SSSR count). The van der Waals surface area contributed by atoms with Gasteiger partial charge in [0, 0.05) is 0 Å². The van der Waals surface area contributed by atoms with Gasteiger partial charge < -0.3 is 15.2 Å². The van der Waals surface area contributed by atoms with Crippen LogP contribution in [0.3, 0.4) is 0 Å². The Morgan fingerprint density at radius 2 is 1.83 bits per heavy atom. The van der Waals surface area contributed by atoms with Crippen LogP contribution in [-0.2, 0) is 14.3 Å². The fourth-order valence-electron chi connectivity index (χ4n) is 1.74. The molecule has 0 saturated carbocycles. The summed E-state index contributed by atoms with van der Waals surface area (Å²) in [5.41, 5.74) is 6.00. The Labute approximate surface area is 138 Å². The number of amides is 1. The molecule has 8 heteroatoms. The third-order valence-corrected chi connectivity index (χ3v) is 3.93. The van der Waals surface area contributed by atoms with Crippen molar-refractivity contribution in [2.75, 3.05) is 13.2 Å². The van der Waals surface area contributed by atoms with E-state index in [1.807, 2.05) is 0 Å². The van der Waals surface area contributed by atoms with Crippen molar-refractivity contribution in [2.45, 2.75) is 38.0 Å². The Kier molecular flexibility index (Phi) is 7.02. The maximum absolute atomic E-state index is 11.9. The lowest BCUT2D eigenvalue weighted by molar-refractivity contribution is -0.142. The molecule has 0 saturated heterocycles. The van der Waals surface area contributed by atoms with Gasteiger partial charge in [-0.1, -0.05) is 11.8 Å². The smallest absolute Gasteiger partial charge is 0.339 e. The third kappa shape index (κ3) is 4.95. The normalized spacial score (nSPS) is 11.7. The van der Waals surface area contributed by atoms with Gasteiger partial charge in [-0.2, -0.15) is 0 Å². The van der Waals surface area contributed by atoms with Crippen LogP contribution in [0.15, 0.2) is 11.1 Å². The summed E-state index contributed by atoms with van der Waals surface area (Å²) < 4.78 is 9.85. The van der Waals surface area contributed by atoms with Gasteiger partial charge in [0.05, 0.1) is 30.0 Å². The molecule has 0 aliphatic rings. The summed E-state index contributed by atoms with van der Waals surface area (Å²) in [5, 5.41) is -0.281. The molecule has 2 N–H and O–H groups in total. The Bertz CT molecular complexity index is 618. The Balaban J connectivity index is 3.18. The number of primary amides is 1. The van der Waals surface area contributed by atoms with Crippen LogP contribution in [0.25, 0.3) is 0 Å². The van der Waals surface area contributed by atoms with Gasteiger partial charge >= 0.3 is 11.9 Å². The monoisotopic (exact) mass is 340 g/mol. The number of carbonyl (C=O) groups excluding carboxylic acids is 3. The Morgan fingerprint density at radius 3 is 2.35 bits per heavy atom. The third-order valence-electron chi connectivity index (χ3n) is 2.85. The van der Waals surface area contributed by atoms with E-state index in [2.05, 4.69) is 4.98 Å². The number of hydrogen-bond donors (Lipinski definition) is 1. The summed E-state index contributed by atoms with van der Waals surface area (Å²) >= 11 is 1.06. The first-order valence-corrected chi connectivity index (χ1v) is 8.01. The first-order valence-electron chi connectivity index (χ1n) is 7.13. The van der Waals surface area contributed by atoms with E-state index < -0.39 is 23.1 Å². The molecule has 0 aromatic carbocycles. The molecule has 1 amide bonds. The number of ether oxygens (including phenoxy) is 2. The molecule has 0 unspecified atom stereocenters. The average molecular weight is 340 g/mol. The average Bonchev–Trinajstić information content (AvgIpc) is 2.47. The Morgan fingerprint density at radius 1 is 1.22 bits per heavy atom. The second kappa shape index (κ2) is 8.52. The highest BCUT2D eigenvalue weighted by atomic mass is 32.2. The van der Waals surface area contributed by atoms with Gasteiger partial charge in [-0.15, -0.1) is 0 Å². The van der Waals surface area contributed by atoms with Gasteiger partial charge in [0.1, 0.15) is 10.3 Å². The van der Waals surface area contributed by atoms with Gasteiger partial charge in [0.25, 0.3) is 5.91 Å². The minimum absolute atomic E-state index is 0.0693. The number of aromatic nitrogens is 1. The van der Waals surface area contributed by atoms with Crippen LogP contribution in [0.5, 0.6) is 0 Å². The molecule has 0 aliphatic heterocycles. The van der Waals surface area contributed by atoms with Crippen LogP contribution in [0.4, 0.5) is 0 Å². The van der Waals surface area contributed by atoms with Crippen molar-refractivity contribution >= 4 is 29.6 Å². The van der Waals surface area contributed by atoms with Crippen LogP contribution in [0, 0.1) is 6.92 Å². The second-order valence-electron chi connectivity index (χ2n) is 4.57. The molecule has 126 valence electrons. The number of pyridine rings is 1. The lowest BCUT2D eigenvalue weighted by Gasteiger charge is -2.14. The zero-order valence-electron chi connectivity index (χ0n) is 13.5. The minimum atomic E-state index is -0.735. The quantitative estimate of drug-likeness (QED) is 0.594. The molecule has 1 aromatic rings. The van der Waals surface area contributed by atoms with Crippen LogP contribution < -0.4 is 5.73 Å². The topological polar surface area (TPSA) is 109 Å². The minimum Gasteiger partial charge on any atom is -0.465 e. The van der Waals surface area contributed by atoms with Gasteiger partial charge in [0.15, 0.2) is 0 Å². The van der Waals surface area contributed by atoms with Crippen LogP contribution >= 0.6 is 11.8 Å². The summed E-state index contributed by atoms with van der Waals surface area (Å²) in [6, 6.07) is 1.35. The molecule has 0 radical (unpaired) electrons. The van der Waals surface area contributed by atoms with E-state index in [1.54, 1.807) is 27.7 Å². The molecule has 0 spiro atoms. The molecule has 23 heavy (non-hydrogen) atoms. The number of rotatable bonds is 7. The first-order chi connectivity index (χ1) is 10.8. The molecular formula is C15H20N2O5S.